The van der Waals surface area contributed by atoms with Gasteiger partial charge in [0.15, 0.2) is 0 Å². The van der Waals surface area contributed by atoms with Crippen LogP contribution in [0.5, 0.6) is 0 Å². The molecule has 0 saturated heterocycles. The van der Waals surface area contributed by atoms with Crippen LogP contribution in [0.1, 0.15) is 56.2 Å². The molecule has 35 heavy (non-hydrogen) atoms. The minimum atomic E-state index is -3.51. The van der Waals surface area contributed by atoms with Crippen molar-refractivity contribution in [3.63, 3.8) is 0 Å². The van der Waals surface area contributed by atoms with E-state index in [9.17, 15) is 18.0 Å². The zero-order valence-corrected chi connectivity index (χ0v) is 22.4. The van der Waals surface area contributed by atoms with E-state index in [0.29, 0.717) is 25.2 Å². The summed E-state index contributed by atoms with van der Waals surface area (Å²) < 4.78 is 26.3. The first kappa shape index (κ1) is 28.4. The number of carbonyl (C=O) groups excluding carboxylic acids is 2. The minimum Gasteiger partial charge on any atom is -0.354 e. The highest BCUT2D eigenvalue weighted by Crippen LogP contribution is 2.23. The van der Waals surface area contributed by atoms with Crippen molar-refractivity contribution in [2.45, 2.75) is 66.0 Å². The van der Waals surface area contributed by atoms with Crippen LogP contribution in [0.4, 0.5) is 5.69 Å². The quantitative estimate of drug-likeness (QED) is 0.417. The third-order valence-electron chi connectivity index (χ3n) is 5.97. The molecule has 0 aromatic heterocycles. The summed E-state index contributed by atoms with van der Waals surface area (Å²) in [5, 5.41) is 2.92. The summed E-state index contributed by atoms with van der Waals surface area (Å²) in [6, 6.07) is 14.5. The lowest BCUT2D eigenvalue weighted by Crippen LogP contribution is -2.48. The largest absolute Gasteiger partial charge is 0.354 e. The number of benzene rings is 2. The molecule has 2 rings (SSSR count). The Morgan fingerprint density at radius 1 is 1.03 bits per heavy atom. The van der Waals surface area contributed by atoms with Gasteiger partial charge in [-0.3, -0.25) is 13.9 Å². The summed E-state index contributed by atoms with van der Waals surface area (Å²) in [5.74, 6) is -0.361. The summed E-state index contributed by atoms with van der Waals surface area (Å²) in [6.07, 6.45) is 3.50. The van der Waals surface area contributed by atoms with E-state index in [1.165, 1.54) is 10.6 Å². The van der Waals surface area contributed by atoms with Crippen LogP contribution >= 0.6 is 0 Å². The third-order valence-corrected chi connectivity index (χ3v) is 7.15. The summed E-state index contributed by atoms with van der Waals surface area (Å²) in [4.78, 5) is 27.7. The molecule has 0 aliphatic carbocycles. The molecule has 0 aliphatic rings. The van der Waals surface area contributed by atoms with Crippen molar-refractivity contribution < 1.29 is 18.0 Å². The smallest absolute Gasteiger partial charge is 0.242 e. The van der Waals surface area contributed by atoms with Gasteiger partial charge in [-0.25, -0.2) is 8.42 Å². The van der Waals surface area contributed by atoms with E-state index in [-0.39, 0.29) is 24.8 Å². The van der Waals surface area contributed by atoms with Crippen molar-refractivity contribution in [3.05, 3.63) is 65.2 Å². The van der Waals surface area contributed by atoms with E-state index < -0.39 is 16.1 Å². The molecule has 2 aromatic carbocycles. The molecule has 2 amide bonds. The second kappa shape index (κ2) is 13.3. The van der Waals surface area contributed by atoms with Crippen molar-refractivity contribution >= 4 is 27.5 Å². The average Bonchev–Trinajstić information content (AvgIpc) is 2.80. The molecule has 1 atom stereocenters. The average molecular weight is 502 g/mol. The fourth-order valence-corrected chi connectivity index (χ4v) is 4.97. The maximum Gasteiger partial charge on any atom is 0.242 e. The number of nitrogens with one attached hydrogen (secondary N) is 1. The Bertz CT molecular complexity index is 1100. The van der Waals surface area contributed by atoms with Crippen LogP contribution in [-0.2, 0) is 26.2 Å². The molecule has 0 fully saturated rings. The first-order valence-corrected chi connectivity index (χ1v) is 14.1. The van der Waals surface area contributed by atoms with Gasteiger partial charge < -0.3 is 10.2 Å². The van der Waals surface area contributed by atoms with Crippen molar-refractivity contribution in [2.24, 2.45) is 0 Å². The summed E-state index contributed by atoms with van der Waals surface area (Å²) >= 11 is 0. The SMILES string of the molecule is CCCCNC(=O)C(C)N(Cc1cccc(C)c1)C(=O)CCCN(c1ccccc1C)S(C)(=O)=O. The fourth-order valence-electron chi connectivity index (χ4n) is 3.95. The van der Waals surface area contributed by atoms with Crippen molar-refractivity contribution in [1.82, 2.24) is 10.2 Å². The molecular formula is C27H39N3O4S. The summed E-state index contributed by atoms with van der Waals surface area (Å²) in [7, 11) is -3.51. The number of amides is 2. The highest BCUT2D eigenvalue weighted by Gasteiger charge is 2.26. The van der Waals surface area contributed by atoms with E-state index in [4.69, 9.17) is 0 Å². The van der Waals surface area contributed by atoms with E-state index in [0.717, 1.165) is 29.5 Å². The van der Waals surface area contributed by atoms with Gasteiger partial charge in [0.2, 0.25) is 21.8 Å². The monoisotopic (exact) mass is 501 g/mol. The van der Waals surface area contributed by atoms with Gasteiger partial charge in [0, 0.05) is 26.1 Å². The highest BCUT2D eigenvalue weighted by molar-refractivity contribution is 7.92. The predicted molar refractivity (Wildman–Crippen MR) is 142 cm³/mol. The van der Waals surface area contributed by atoms with Crippen LogP contribution in [0.2, 0.25) is 0 Å². The Balaban J connectivity index is 2.15. The molecular weight excluding hydrogens is 462 g/mol. The molecule has 192 valence electrons. The molecule has 0 heterocycles. The molecule has 0 aliphatic heterocycles. The maximum absolute atomic E-state index is 13.3. The van der Waals surface area contributed by atoms with Gasteiger partial charge in [-0.2, -0.15) is 0 Å². The predicted octanol–water partition coefficient (Wildman–Crippen LogP) is 4.18. The zero-order chi connectivity index (χ0) is 26.0. The van der Waals surface area contributed by atoms with E-state index in [2.05, 4.69) is 12.2 Å². The van der Waals surface area contributed by atoms with Crippen LogP contribution in [0.25, 0.3) is 0 Å². The molecule has 0 radical (unpaired) electrons. The first-order valence-electron chi connectivity index (χ1n) is 12.2. The van der Waals surface area contributed by atoms with Crippen LogP contribution in [-0.4, -0.2) is 50.5 Å². The number of anilines is 1. The van der Waals surface area contributed by atoms with Gasteiger partial charge in [0.25, 0.3) is 0 Å². The number of unbranched alkanes of at least 4 members (excludes halogenated alkanes) is 1. The molecule has 0 spiro atoms. The number of nitrogens with zero attached hydrogens (tertiary/aromatic N) is 2. The van der Waals surface area contributed by atoms with Crippen LogP contribution in [0.3, 0.4) is 0 Å². The van der Waals surface area contributed by atoms with Gasteiger partial charge in [-0.05, 0) is 50.8 Å². The van der Waals surface area contributed by atoms with Gasteiger partial charge in [-0.1, -0.05) is 61.4 Å². The Morgan fingerprint density at radius 2 is 1.74 bits per heavy atom. The van der Waals surface area contributed by atoms with Crippen molar-refractivity contribution in [1.29, 1.82) is 0 Å². The molecule has 0 saturated carbocycles. The number of sulfonamides is 1. The normalized spacial score (nSPS) is 12.1. The van der Waals surface area contributed by atoms with Gasteiger partial charge in [0.05, 0.1) is 11.9 Å². The molecule has 7 nitrogen and oxygen atoms in total. The van der Waals surface area contributed by atoms with Crippen molar-refractivity contribution in [2.75, 3.05) is 23.7 Å². The second-order valence-corrected chi connectivity index (χ2v) is 11.0. The third kappa shape index (κ3) is 8.69. The molecule has 1 N–H and O–H groups in total. The standard InChI is InChI=1S/C27H39N3O4S/c1-6-7-17-28-27(32)23(4)29(20-24-14-10-12-21(2)19-24)26(31)16-11-18-30(35(5,33)34)25-15-9-8-13-22(25)3/h8-10,12-15,19,23H,6-7,11,16-18,20H2,1-5H3,(H,28,32). The summed E-state index contributed by atoms with van der Waals surface area (Å²) in [6.45, 7) is 8.72. The summed E-state index contributed by atoms with van der Waals surface area (Å²) in [5.41, 5.74) is 3.49. The van der Waals surface area contributed by atoms with Gasteiger partial charge in [0.1, 0.15) is 6.04 Å². The number of para-hydroxylation sites is 1. The maximum atomic E-state index is 13.3. The van der Waals surface area contributed by atoms with E-state index >= 15 is 0 Å². The van der Waals surface area contributed by atoms with Gasteiger partial charge in [-0.15, -0.1) is 0 Å². The molecule has 1 unspecified atom stereocenters. The fraction of sp³-hybridized carbons (Fsp3) is 0.481. The Labute approximate surface area is 210 Å². The first-order chi connectivity index (χ1) is 16.5. The van der Waals surface area contributed by atoms with Crippen molar-refractivity contribution in [3.8, 4) is 0 Å². The molecule has 0 bridgehead atoms. The van der Waals surface area contributed by atoms with Crippen LogP contribution in [0, 0.1) is 13.8 Å². The number of hydrogen-bond acceptors (Lipinski definition) is 4. The topological polar surface area (TPSA) is 86.8 Å². The lowest BCUT2D eigenvalue weighted by Gasteiger charge is -2.29. The number of carbonyl (C=O) groups is 2. The lowest BCUT2D eigenvalue weighted by atomic mass is 10.1. The van der Waals surface area contributed by atoms with Gasteiger partial charge >= 0.3 is 0 Å². The number of aryl methyl sites for hydroxylation is 2. The lowest BCUT2D eigenvalue weighted by molar-refractivity contribution is -0.140. The zero-order valence-electron chi connectivity index (χ0n) is 21.6. The Kier molecular flexibility index (Phi) is 10.8. The molecule has 2 aromatic rings. The second-order valence-electron chi connectivity index (χ2n) is 9.06. The Hall–Kier alpha value is -2.87. The van der Waals surface area contributed by atoms with Crippen LogP contribution in [0.15, 0.2) is 48.5 Å². The minimum absolute atomic E-state index is 0.135. The number of hydrogen-bond donors (Lipinski definition) is 1. The van der Waals surface area contributed by atoms with E-state index in [1.54, 1.807) is 24.0 Å². The number of rotatable bonds is 13. The van der Waals surface area contributed by atoms with E-state index in [1.807, 2.05) is 50.2 Å². The van der Waals surface area contributed by atoms with Crippen LogP contribution < -0.4 is 9.62 Å². The molecule has 8 heteroatoms. The Morgan fingerprint density at radius 3 is 2.37 bits per heavy atom. The highest BCUT2D eigenvalue weighted by atomic mass is 32.2.